The van der Waals surface area contributed by atoms with E-state index in [1.54, 1.807) is 0 Å². The van der Waals surface area contributed by atoms with Gasteiger partial charge in [0.25, 0.3) is 5.91 Å². The van der Waals surface area contributed by atoms with Gasteiger partial charge in [-0.05, 0) is 54.3 Å². The average molecular weight is 512 g/mol. The van der Waals surface area contributed by atoms with Gasteiger partial charge in [0.1, 0.15) is 28.8 Å². The third-order valence-corrected chi connectivity index (χ3v) is 5.82. The predicted octanol–water partition coefficient (Wildman–Crippen LogP) is 4.13. The van der Waals surface area contributed by atoms with Gasteiger partial charge in [0.15, 0.2) is 5.60 Å². The second-order valence-corrected chi connectivity index (χ2v) is 8.95. The fourth-order valence-electron chi connectivity index (χ4n) is 3.94. The number of aliphatic hydroxyl groups is 1. The normalized spacial score (nSPS) is 13.8. The number of nitrogen functional groups attached to an aromatic ring is 1. The molecular formula is C24H25F5N4O3. The van der Waals surface area contributed by atoms with Crippen molar-refractivity contribution in [3.8, 4) is 11.4 Å². The molecule has 4 N–H and O–H groups in total. The summed E-state index contributed by atoms with van der Waals surface area (Å²) in [5.41, 5.74) is 1.33. The van der Waals surface area contributed by atoms with Gasteiger partial charge in [0.2, 0.25) is 0 Å². The molecule has 0 radical (unpaired) electrons. The van der Waals surface area contributed by atoms with Crippen molar-refractivity contribution >= 4 is 11.7 Å². The van der Waals surface area contributed by atoms with Gasteiger partial charge in [-0.3, -0.25) is 4.79 Å². The largest absolute Gasteiger partial charge is 0.496 e. The topological polar surface area (TPSA) is 102 Å². The molecule has 12 heteroatoms. The summed E-state index contributed by atoms with van der Waals surface area (Å²) in [6.07, 6.45) is -5.03. The summed E-state index contributed by atoms with van der Waals surface area (Å²) in [5.74, 6) is -2.25. The van der Waals surface area contributed by atoms with E-state index < -0.39 is 47.7 Å². The van der Waals surface area contributed by atoms with Crippen LogP contribution >= 0.6 is 0 Å². The lowest BCUT2D eigenvalue weighted by atomic mass is 9.74. The minimum Gasteiger partial charge on any atom is -0.496 e. The Bertz CT molecular complexity index is 1240. The molecule has 1 amide bonds. The van der Waals surface area contributed by atoms with E-state index in [9.17, 15) is 31.9 Å². The molecule has 0 aliphatic heterocycles. The van der Waals surface area contributed by atoms with Crippen LogP contribution in [0.3, 0.4) is 0 Å². The number of carbonyl (C=O) groups is 1. The zero-order valence-electron chi connectivity index (χ0n) is 19.7. The fourth-order valence-corrected chi connectivity index (χ4v) is 3.94. The van der Waals surface area contributed by atoms with Gasteiger partial charge < -0.3 is 20.9 Å². The molecule has 36 heavy (non-hydrogen) atoms. The molecule has 2 aromatic carbocycles. The number of rotatable bonds is 8. The number of nitrogens with zero attached hydrogens (tertiary/aromatic N) is 2. The number of halogens is 5. The van der Waals surface area contributed by atoms with Crippen LogP contribution in [0.25, 0.3) is 5.69 Å². The minimum atomic E-state index is -5.15. The van der Waals surface area contributed by atoms with E-state index in [-0.39, 0.29) is 22.7 Å². The first kappa shape index (κ1) is 26.9. The third kappa shape index (κ3) is 5.43. The van der Waals surface area contributed by atoms with Crippen molar-refractivity contribution in [2.45, 2.75) is 37.5 Å². The maximum absolute atomic E-state index is 14.0. The molecule has 0 unspecified atom stereocenters. The molecule has 0 aliphatic rings. The third-order valence-electron chi connectivity index (χ3n) is 5.82. The quantitative estimate of drug-likeness (QED) is 0.394. The molecule has 1 aromatic heterocycles. The Morgan fingerprint density at radius 3 is 2.31 bits per heavy atom. The molecule has 0 saturated heterocycles. The van der Waals surface area contributed by atoms with Crippen LogP contribution < -0.4 is 15.8 Å². The molecular weight excluding hydrogens is 487 g/mol. The highest BCUT2D eigenvalue weighted by molar-refractivity contribution is 5.98. The summed E-state index contributed by atoms with van der Waals surface area (Å²) < 4.78 is 75.4. The van der Waals surface area contributed by atoms with Crippen LogP contribution in [-0.4, -0.2) is 46.2 Å². The molecule has 3 rings (SSSR count). The van der Waals surface area contributed by atoms with Crippen molar-refractivity contribution in [1.82, 2.24) is 15.1 Å². The fraction of sp³-hybridized carbons (Fsp3) is 0.333. The Labute approximate surface area is 203 Å². The van der Waals surface area contributed by atoms with E-state index in [0.29, 0.717) is 5.69 Å². The summed E-state index contributed by atoms with van der Waals surface area (Å²) in [7, 11) is 1.29. The summed E-state index contributed by atoms with van der Waals surface area (Å²) in [6.45, 7) is 1.58. The molecule has 1 heterocycles. The molecule has 7 nitrogen and oxygen atoms in total. The van der Waals surface area contributed by atoms with Crippen molar-refractivity contribution < 1.29 is 36.6 Å². The van der Waals surface area contributed by atoms with E-state index in [4.69, 9.17) is 10.5 Å². The van der Waals surface area contributed by atoms with Crippen molar-refractivity contribution in [2.24, 2.45) is 0 Å². The molecule has 1 atom stereocenters. The first-order valence-electron chi connectivity index (χ1n) is 10.7. The molecule has 194 valence electrons. The number of carbonyl (C=O) groups excluding carboxylic acids is 1. The van der Waals surface area contributed by atoms with Crippen LogP contribution in [-0.2, 0) is 5.41 Å². The van der Waals surface area contributed by atoms with Crippen LogP contribution in [0, 0.1) is 11.6 Å². The van der Waals surface area contributed by atoms with Gasteiger partial charge >= 0.3 is 6.18 Å². The van der Waals surface area contributed by atoms with Crippen LogP contribution in [0.1, 0.15) is 36.2 Å². The number of hydrogen-bond acceptors (Lipinski definition) is 5. The van der Waals surface area contributed by atoms with Gasteiger partial charge in [-0.15, -0.1) is 0 Å². The Hall–Kier alpha value is -3.67. The van der Waals surface area contributed by atoms with Crippen LogP contribution in [0.15, 0.2) is 48.7 Å². The predicted molar refractivity (Wildman–Crippen MR) is 122 cm³/mol. The maximum atomic E-state index is 14.0. The van der Waals surface area contributed by atoms with Gasteiger partial charge in [-0.2, -0.15) is 18.3 Å². The smallest absolute Gasteiger partial charge is 0.418 e. The van der Waals surface area contributed by atoms with Crippen molar-refractivity contribution in [3.05, 3.63) is 71.4 Å². The number of benzene rings is 2. The number of ether oxygens (including phenoxy) is 1. The Balaban J connectivity index is 1.84. The molecule has 0 saturated carbocycles. The lowest BCUT2D eigenvalue weighted by Gasteiger charge is -2.38. The standard InChI is InChI=1S/C24H25F5N4O3/c1-22(2,18-10-15(26)6-9-19(18)36-3)12-23(35,24(27,28)29)13-31-21(34)17-11-32-33(20(17)30)16-7-4-14(25)5-8-16/h4-11,35H,12-13,30H2,1-3H3,(H,31,34)/t23-/m0/s1. The number of amides is 1. The number of nitrogens with one attached hydrogen (secondary N) is 1. The maximum Gasteiger partial charge on any atom is 0.418 e. The number of methoxy groups -OCH3 is 1. The van der Waals surface area contributed by atoms with Crippen molar-refractivity contribution in [3.63, 3.8) is 0 Å². The number of nitrogens with two attached hydrogens (primary N) is 1. The van der Waals surface area contributed by atoms with Gasteiger partial charge in [-0.25, -0.2) is 13.5 Å². The number of hydrogen-bond donors (Lipinski definition) is 3. The average Bonchev–Trinajstić information content (AvgIpc) is 3.18. The molecule has 0 aliphatic carbocycles. The van der Waals surface area contributed by atoms with Crippen molar-refractivity contribution in [2.75, 3.05) is 19.4 Å². The number of anilines is 1. The Morgan fingerprint density at radius 1 is 1.11 bits per heavy atom. The zero-order valence-corrected chi connectivity index (χ0v) is 19.7. The van der Waals surface area contributed by atoms with Gasteiger partial charge in [0, 0.05) is 5.56 Å². The highest BCUT2D eigenvalue weighted by atomic mass is 19.4. The second kappa shape index (κ2) is 9.76. The first-order valence-corrected chi connectivity index (χ1v) is 10.7. The molecule has 0 spiro atoms. The van der Waals surface area contributed by atoms with Crippen LogP contribution in [0.4, 0.5) is 27.8 Å². The van der Waals surface area contributed by atoms with E-state index >= 15 is 0 Å². The highest BCUT2D eigenvalue weighted by Gasteiger charge is 2.56. The molecule has 3 aromatic rings. The van der Waals surface area contributed by atoms with E-state index in [0.717, 1.165) is 35.1 Å². The van der Waals surface area contributed by atoms with Crippen LogP contribution in [0.2, 0.25) is 0 Å². The monoisotopic (exact) mass is 512 g/mol. The summed E-state index contributed by atoms with van der Waals surface area (Å²) >= 11 is 0. The van der Waals surface area contributed by atoms with Gasteiger partial charge in [0.05, 0.1) is 25.5 Å². The van der Waals surface area contributed by atoms with E-state index in [1.807, 2.05) is 0 Å². The lowest BCUT2D eigenvalue weighted by molar-refractivity contribution is -0.263. The molecule has 0 fully saturated rings. The summed E-state index contributed by atoms with van der Waals surface area (Å²) in [6, 6.07) is 8.42. The number of alkyl halides is 3. The number of aromatic nitrogens is 2. The SMILES string of the molecule is COc1ccc(F)cc1C(C)(C)C[C@](O)(CNC(=O)c1cnn(-c2ccc(F)cc2)c1N)C(F)(F)F. The Kier molecular flexibility index (Phi) is 7.30. The summed E-state index contributed by atoms with van der Waals surface area (Å²) in [4.78, 5) is 12.7. The molecule has 0 bridgehead atoms. The van der Waals surface area contributed by atoms with E-state index in [1.165, 1.54) is 39.2 Å². The lowest BCUT2D eigenvalue weighted by Crippen LogP contribution is -2.56. The van der Waals surface area contributed by atoms with Crippen molar-refractivity contribution in [1.29, 1.82) is 0 Å². The minimum absolute atomic E-state index is 0.115. The van der Waals surface area contributed by atoms with E-state index in [2.05, 4.69) is 10.4 Å². The second-order valence-electron chi connectivity index (χ2n) is 8.95. The van der Waals surface area contributed by atoms with Gasteiger partial charge in [-0.1, -0.05) is 13.8 Å². The zero-order chi connectivity index (χ0) is 26.9. The summed E-state index contributed by atoms with van der Waals surface area (Å²) in [5, 5.41) is 16.7. The Morgan fingerprint density at radius 2 is 1.72 bits per heavy atom. The highest BCUT2D eigenvalue weighted by Crippen LogP contribution is 2.43. The first-order chi connectivity index (χ1) is 16.7. The van der Waals surface area contributed by atoms with Crippen LogP contribution in [0.5, 0.6) is 5.75 Å².